The number of likely N-dealkylation sites (N-methyl/N-ethyl adjacent to an activating group) is 1. The van der Waals surface area contributed by atoms with E-state index in [0.29, 0.717) is 6.61 Å². The summed E-state index contributed by atoms with van der Waals surface area (Å²) in [6.45, 7) is 2.02. The molecule has 1 aromatic carbocycles. The minimum Gasteiger partial charge on any atom is -0.447 e. The van der Waals surface area contributed by atoms with Crippen molar-refractivity contribution >= 4 is 11.8 Å². The summed E-state index contributed by atoms with van der Waals surface area (Å²) >= 11 is 0. The molecule has 1 fully saturated rings. The molecule has 0 radical (unpaired) electrons. The molecule has 5 heteroatoms. The first-order chi connectivity index (χ1) is 8.08. The van der Waals surface area contributed by atoms with Crippen molar-refractivity contribution in [2.75, 3.05) is 19.0 Å². The van der Waals surface area contributed by atoms with Crippen molar-refractivity contribution in [2.24, 2.45) is 0 Å². The molecule has 17 heavy (non-hydrogen) atoms. The number of nitrogens with zero attached hydrogens (tertiary/aromatic N) is 1. The molecule has 0 bridgehead atoms. The van der Waals surface area contributed by atoms with Crippen LogP contribution in [0.2, 0.25) is 0 Å². The van der Waals surface area contributed by atoms with Gasteiger partial charge in [-0.3, -0.25) is 0 Å². The van der Waals surface area contributed by atoms with Crippen molar-refractivity contribution in [1.29, 1.82) is 0 Å². The van der Waals surface area contributed by atoms with E-state index >= 15 is 0 Å². The lowest BCUT2D eigenvalue weighted by Crippen LogP contribution is -2.22. The Morgan fingerprint density at radius 1 is 1.59 bits per heavy atom. The van der Waals surface area contributed by atoms with Gasteiger partial charge in [0.05, 0.1) is 6.04 Å². The van der Waals surface area contributed by atoms with Crippen LogP contribution in [0.1, 0.15) is 18.5 Å². The molecule has 0 aromatic heterocycles. The van der Waals surface area contributed by atoms with Crippen molar-refractivity contribution in [2.45, 2.75) is 19.2 Å². The third-order valence-electron chi connectivity index (χ3n) is 2.77. The maximum Gasteiger partial charge on any atom is 0.410 e. The molecular weight excluding hydrogens is 220 g/mol. The van der Waals surface area contributed by atoms with Crippen LogP contribution in [0.15, 0.2) is 24.3 Å². The third kappa shape index (κ3) is 2.50. The summed E-state index contributed by atoms with van der Waals surface area (Å²) in [6, 6.07) is 7.55. The van der Waals surface area contributed by atoms with Crippen molar-refractivity contribution in [1.82, 2.24) is 4.90 Å². The lowest BCUT2D eigenvalue weighted by atomic mass is 10.1. The Hall–Kier alpha value is -1.75. The number of anilines is 1. The van der Waals surface area contributed by atoms with E-state index < -0.39 is 6.23 Å². The molecule has 1 heterocycles. The van der Waals surface area contributed by atoms with Crippen LogP contribution in [0.25, 0.3) is 0 Å². The quantitative estimate of drug-likeness (QED) is 0.782. The van der Waals surface area contributed by atoms with Crippen molar-refractivity contribution < 1.29 is 14.6 Å². The summed E-state index contributed by atoms with van der Waals surface area (Å²) in [7, 11) is 1.72. The van der Waals surface area contributed by atoms with Crippen LogP contribution in [-0.2, 0) is 4.74 Å². The molecule has 0 saturated carbocycles. The Morgan fingerprint density at radius 3 is 2.94 bits per heavy atom. The highest BCUT2D eigenvalue weighted by Crippen LogP contribution is 2.27. The first-order valence-corrected chi connectivity index (χ1v) is 5.52. The smallest absolute Gasteiger partial charge is 0.410 e. The average molecular weight is 236 g/mol. The highest BCUT2D eigenvalue weighted by molar-refractivity contribution is 5.70. The molecule has 1 aromatic rings. The number of aliphatic hydroxyl groups excluding tert-OH is 1. The molecule has 5 nitrogen and oxygen atoms in total. The van der Waals surface area contributed by atoms with Gasteiger partial charge in [-0.1, -0.05) is 12.1 Å². The van der Waals surface area contributed by atoms with Gasteiger partial charge in [-0.25, -0.2) is 4.79 Å². The van der Waals surface area contributed by atoms with Gasteiger partial charge in [0.2, 0.25) is 0 Å². The molecular formula is C12H16N2O3. The Bertz CT molecular complexity index is 420. The molecule has 1 aliphatic heterocycles. The molecule has 1 saturated heterocycles. The molecule has 1 amide bonds. The zero-order valence-corrected chi connectivity index (χ0v) is 9.88. The van der Waals surface area contributed by atoms with Gasteiger partial charge >= 0.3 is 6.09 Å². The van der Waals surface area contributed by atoms with Crippen LogP contribution in [0, 0.1) is 0 Å². The van der Waals surface area contributed by atoms with Crippen LogP contribution >= 0.6 is 0 Å². The fourth-order valence-corrected chi connectivity index (χ4v) is 1.89. The maximum atomic E-state index is 11.3. The van der Waals surface area contributed by atoms with Gasteiger partial charge in [-0.05, 0) is 24.6 Å². The Balaban J connectivity index is 2.18. The predicted octanol–water partition coefficient (Wildman–Crippen LogP) is 1.56. The van der Waals surface area contributed by atoms with Gasteiger partial charge in [-0.15, -0.1) is 0 Å². The maximum absolute atomic E-state index is 11.3. The number of benzene rings is 1. The fraction of sp³-hybridized carbons (Fsp3) is 0.417. The minimum atomic E-state index is -0.607. The number of carbonyl (C=O) groups is 1. The molecule has 92 valence electrons. The van der Waals surface area contributed by atoms with Crippen LogP contribution in [-0.4, -0.2) is 36.0 Å². The van der Waals surface area contributed by atoms with Gasteiger partial charge in [0.25, 0.3) is 0 Å². The summed E-state index contributed by atoms with van der Waals surface area (Å²) < 4.78 is 4.97. The van der Waals surface area contributed by atoms with E-state index in [0.717, 1.165) is 11.3 Å². The predicted molar refractivity (Wildman–Crippen MR) is 63.6 cm³/mol. The van der Waals surface area contributed by atoms with Crippen molar-refractivity contribution in [3.8, 4) is 0 Å². The zero-order chi connectivity index (χ0) is 12.4. The highest BCUT2D eigenvalue weighted by Gasteiger charge is 2.30. The monoisotopic (exact) mass is 236 g/mol. The second-order valence-corrected chi connectivity index (χ2v) is 4.15. The van der Waals surface area contributed by atoms with Gasteiger partial charge in [0, 0.05) is 12.7 Å². The SMILES string of the molecule is CC(O)Nc1cccc([C@@H]2COC(=O)N2C)c1. The van der Waals surface area contributed by atoms with E-state index in [1.54, 1.807) is 18.9 Å². The number of aliphatic hydroxyl groups is 1. The summed E-state index contributed by atoms with van der Waals surface area (Å²) in [5.74, 6) is 0. The Morgan fingerprint density at radius 2 is 2.35 bits per heavy atom. The number of nitrogens with one attached hydrogen (secondary N) is 1. The lowest BCUT2D eigenvalue weighted by molar-refractivity contribution is 0.163. The highest BCUT2D eigenvalue weighted by atomic mass is 16.6. The largest absolute Gasteiger partial charge is 0.447 e. The second-order valence-electron chi connectivity index (χ2n) is 4.15. The Kier molecular flexibility index (Phi) is 3.19. The van der Waals surface area contributed by atoms with E-state index in [1.807, 2.05) is 24.3 Å². The third-order valence-corrected chi connectivity index (χ3v) is 2.77. The molecule has 0 aliphatic carbocycles. The average Bonchev–Trinajstić information content (AvgIpc) is 2.59. The normalized spacial score (nSPS) is 21.2. The van der Waals surface area contributed by atoms with Crippen molar-refractivity contribution in [3.05, 3.63) is 29.8 Å². The number of hydrogen-bond acceptors (Lipinski definition) is 4. The van der Waals surface area contributed by atoms with Gasteiger partial charge in [0.15, 0.2) is 0 Å². The van der Waals surface area contributed by atoms with E-state index in [-0.39, 0.29) is 12.1 Å². The molecule has 0 spiro atoms. The molecule has 2 rings (SSSR count). The number of cyclic esters (lactones) is 1. The molecule has 1 unspecified atom stereocenters. The van der Waals surface area contributed by atoms with Gasteiger partial charge < -0.3 is 20.1 Å². The summed E-state index contributed by atoms with van der Waals surface area (Å²) in [4.78, 5) is 12.8. The lowest BCUT2D eigenvalue weighted by Gasteiger charge is -2.18. The van der Waals surface area contributed by atoms with Crippen LogP contribution in [0.5, 0.6) is 0 Å². The molecule has 2 atom stereocenters. The van der Waals surface area contributed by atoms with E-state index in [2.05, 4.69) is 5.32 Å². The van der Waals surface area contributed by atoms with Gasteiger partial charge in [-0.2, -0.15) is 0 Å². The van der Waals surface area contributed by atoms with Crippen LogP contribution in [0.3, 0.4) is 0 Å². The number of hydrogen-bond donors (Lipinski definition) is 2. The fourth-order valence-electron chi connectivity index (χ4n) is 1.89. The molecule has 1 aliphatic rings. The zero-order valence-electron chi connectivity index (χ0n) is 9.88. The molecule has 2 N–H and O–H groups in total. The van der Waals surface area contributed by atoms with Crippen LogP contribution in [0.4, 0.5) is 10.5 Å². The van der Waals surface area contributed by atoms with E-state index in [4.69, 9.17) is 4.74 Å². The summed E-state index contributed by atoms with van der Waals surface area (Å²) in [5.41, 5.74) is 1.81. The van der Waals surface area contributed by atoms with E-state index in [9.17, 15) is 9.90 Å². The van der Waals surface area contributed by atoms with Crippen LogP contribution < -0.4 is 5.32 Å². The van der Waals surface area contributed by atoms with Gasteiger partial charge in [0.1, 0.15) is 12.8 Å². The number of carbonyl (C=O) groups excluding carboxylic acids is 1. The standard InChI is InChI=1S/C12H16N2O3/c1-8(15)13-10-5-3-4-9(6-10)11-7-17-12(16)14(11)2/h3-6,8,11,13,15H,7H2,1-2H3/t8?,11-/m0/s1. The summed E-state index contributed by atoms with van der Waals surface area (Å²) in [6.07, 6.45) is -0.909. The van der Waals surface area contributed by atoms with E-state index in [1.165, 1.54) is 0 Å². The first kappa shape index (κ1) is 11.7. The number of rotatable bonds is 3. The summed E-state index contributed by atoms with van der Waals surface area (Å²) in [5, 5.41) is 12.2. The first-order valence-electron chi connectivity index (χ1n) is 5.52. The number of amides is 1. The van der Waals surface area contributed by atoms with Crippen molar-refractivity contribution in [3.63, 3.8) is 0 Å². The Labute approximate surface area is 100.0 Å². The second kappa shape index (κ2) is 4.63. The minimum absolute atomic E-state index is 0.0572. The number of ether oxygens (including phenoxy) is 1. The topological polar surface area (TPSA) is 61.8 Å².